The first-order chi connectivity index (χ1) is 6.66. The van der Waals surface area contributed by atoms with Crippen molar-refractivity contribution in [3.05, 3.63) is 35.4 Å². The highest BCUT2D eigenvalue weighted by Gasteiger charge is 2.22. The van der Waals surface area contributed by atoms with E-state index in [9.17, 15) is 4.79 Å². The first kappa shape index (κ1) is 8.94. The molecule has 1 heterocycles. The maximum atomic E-state index is 11.2. The van der Waals surface area contributed by atoms with E-state index >= 15 is 0 Å². The van der Waals surface area contributed by atoms with Gasteiger partial charge in [-0.05, 0) is 19.9 Å². The normalized spacial score (nSPS) is 20.6. The molecular weight excluding hydrogens is 176 g/mol. The zero-order valence-corrected chi connectivity index (χ0v) is 8.24. The van der Waals surface area contributed by atoms with Gasteiger partial charge in [0, 0.05) is 5.56 Å². The Labute approximate surface area is 82.9 Å². The second kappa shape index (κ2) is 3.25. The number of benzene rings is 1. The van der Waals surface area contributed by atoms with Gasteiger partial charge in [-0.3, -0.25) is 9.79 Å². The van der Waals surface area contributed by atoms with Crippen molar-refractivity contribution in [2.45, 2.75) is 19.9 Å². The van der Waals surface area contributed by atoms with E-state index in [1.54, 1.807) is 6.92 Å². The van der Waals surface area contributed by atoms with Crippen LogP contribution in [-0.4, -0.2) is 17.8 Å². The predicted octanol–water partition coefficient (Wildman–Crippen LogP) is 1.26. The van der Waals surface area contributed by atoms with Crippen LogP contribution in [0, 0.1) is 6.92 Å². The van der Waals surface area contributed by atoms with Crippen molar-refractivity contribution in [1.29, 1.82) is 0 Å². The van der Waals surface area contributed by atoms with Crippen LogP contribution in [0.4, 0.5) is 0 Å². The van der Waals surface area contributed by atoms with Crippen LogP contribution >= 0.6 is 0 Å². The van der Waals surface area contributed by atoms with Crippen LogP contribution in [-0.2, 0) is 4.79 Å². The van der Waals surface area contributed by atoms with Gasteiger partial charge in [-0.1, -0.05) is 23.8 Å². The molecule has 0 saturated carbocycles. The molecule has 0 aromatic heterocycles. The predicted molar refractivity (Wildman–Crippen MR) is 55.3 cm³/mol. The van der Waals surface area contributed by atoms with E-state index in [-0.39, 0.29) is 11.9 Å². The van der Waals surface area contributed by atoms with E-state index in [0.717, 1.165) is 5.56 Å². The van der Waals surface area contributed by atoms with Gasteiger partial charge in [0.1, 0.15) is 11.9 Å². The van der Waals surface area contributed by atoms with Crippen LogP contribution in [0.15, 0.2) is 29.3 Å². The van der Waals surface area contributed by atoms with Crippen molar-refractivity contribution < 1.29 is 4.79 Å². The molecule has 1 atom stereocenters. The fourth-order valence-corrected chi connectivity index (χ4v) is 1.44. The van der Waals surface area contributed by atoms with E-state index in [1.165, 1.54) is 5.56 Å². The monoisotopic (exact) mass is 188 g/mol. The molecule has 1 amide bonds. The number of aliphatic imine (C=N–C) groups is 1. The molecule has 0 saturated heterocycles. The molecule has 0 bridgehead atoms. The Morgan fingerprint density at radius 1 is 1.43 bits per heavy atom. The number of amidine groups is 1. The average Bonchev–Trinajstić information content (AvgIpc) is 2.47. The Morgan fingerprint density at radius 3 is 2.79 bits per heavy atom. The number of nitrogens with zero attached hydrogens (tertiary/aromatic N) is 1. The molecule has 0 spiro atoms. The lowest BCUT2D eigenvalue weighted by atomic mass is 10.1. The Hall–Kier alpha value is -1.64. The Balaban J connectivity index is 2.33. The molecule has 0 fully saturated rings. The average molecular weight is 188 g/mol. The van der Waals surface area contributed by atoms with E-state index in [2.05, 4.69) is 10.3 Å². The van der Waals surface area contributed by atoms with Crippen LogP contribution < -0.4 is 5.32 Å². The number of hydrogen-bond donors (Lipinski definition) is 1. The van der Waals surface area contributed by atoms with Gasteiger partial charge in [-0.15, -0.1) is 0 Å². The van der Waals surface area contributed by atoms with Crippen LogP contribution in [0.2, 0.25) is 0 Å². The van der Waals surface area contributed by atoms with Gasteiger partial charge in [0.25, 0.3) is 0 Å². The third-order valence-corrected chi connectivity index (χ3v) is 2.24. The van der Waals surface area contributed by atoms with Gasteiger partial charge in [0.05, 0.1) is 0 Å². The van der Waals surface area contributed by atoms with Gasteiger partial charge < -0.3 is 5.32 Å². The van der Waals surface area contributed by atoms with Gasteiger partial charge in [0.2, 0.25) is 5.91 Å². The molecule has 0 radical (unpaired) electrons. The van der Waals surface area contributed by atoms with Crippen molar-refractivity contribution in [3.8, 4) is 0 Å². The molecule has 1 aliphatic rings. The van der Waals surface area contributed by atoms with Crippen molar-refractivity contribution in [3.63, 3.8) is 0 Å². The lowest BCUT2D eigenvalue weighted by Crippen LogP contribution is -2.27. The number of hydrogen-bond acceptors (Lipinski definition) is 2. The summed E-state index contributed by atoms with van der Waals surface area (Å²) in [6.07, 6.45) is 0. The molecule has 1 N–H and O–H groups in total. The van der Waals surface area contributed by atoms with Gasteiger partial charge in [0.15, 0.2) is 0 Å². The van der Waals surface area contributed by atoms with Crippen LogP contribution in [0.25, 0.3) is 0 Å². The Kier molecular flexibility index (Phi) is 2.08. The summed E-state index contributed by atoms with van der Waals surface area (Å²) < 4.78 is 0. The topological polar surface area (TPSA) is 41.5 Å². The van der Waals surface area contributed by atoms with E-state index in [0.29, 0.717) is 5.84 Å². The molecule has 1 unspecified atom stereocenters. The molecule has 1 aromatic rings. The highest BCUT2D eigenvalue weighted by molar-refractivity contribution is 6.13. The Morgan fingerprint density at radius 2 is 2.21 bits per heavy atom. The molecule has 1 aliphatic heterocycles. The number of rotatable bonds is 1. The molecule has 72 valence electrons. The zero-order valence-electron chi connectivity index (χ0n) is 8.24. The fourth-order valence-electron chi connectivity index (χ4n) is 1.44. The van der Waals surface area contributed by atoms with Crippen molar-refractivity contribution in [2.75, 3.05) is 0 Å². The number of amides is 1. The maximum Gasteiger partial charge on any atom is 0.250 e. The lowest BCUT2D eigenvalue weighted by Gasteiger charge is -2.01. The number of carbonyl (C=O) groups excluding carboxylic acids is 1. The summed E-state index contributed by atoms with van der Waals surface area (Å²) in [6, 6.07) is 7.68. The van der Waals surface area contributed by atoms with Crippen molar-refractivity contribution >= 4 is 11.7 Å². The van der Waals surface area contributed by atoms with E-state index in [4.69, 9.17) is 0 Å². The molecule has 0 aliphatic carbocycles. The minimum Gasteiger partial charge on any atom is -0.309 e. The summed E-state index contributed by atoms with van der Waals surface area (Å²) in [4.78, 5) is 15.5. The van der Waals surface area contributed by atoms with Crippen LogP contribution in [0.3, 0.4) is 0 Å². The molecule has 1 aromatic carbocycles. The molecule has 14 heavy (non-hydrogen) atoms. The second-order valence-electron chi connectivity index (χ2n) is 3.51. The highest BCUT2D eigenvalue weighted by atomic mass is 16.2. The van der Waals surface area contributed by atoms with Crippen LogP contribution in [0.5, 0.6) is 0 Å². The smallest absolute Gasteiger partial charge is 0.250 e. The molecular formula is C11H12N2O. The molecule has 3 nitrogen and oxygen atoms in total. The quantitative estimate of drug-likeness (QED) is 0.708. The lowest BCUT2D eigenvalue weighted by molar-refractivity contribution is -0.119. The molecule has 2 rings (SSSR count). The van der Waals surface area contributed by atoms with E-state index in [1.807, 2.05) is 31.2 Å². The van der Waals surface area contributed by atoms with Gasteiger partial charge in [-0.25, -0.2) is 0 Å². The fraction of sp³-hybridized carbons (Fsp3) is 0.273. The van der Waals surface area contributed by atoms with Crippen molar-refractivity contribution in [2.24, 2.45) is 4.99 Å². The van der Waals surface area contributed by atoms with Gasteiger partial charge in [-0.2, -0.15) is 0 Å². The third kappa shape index (κ3) is 1.53. The standard InChI is InChI=1S/C11H12N2O/c1-7-4-3-5-9(6-7)10-12-8(2)11(14)13-10/h3-6,8H,1-2H3,(H,12,13,14). The number of nitrogens with one attached hydrogen (secondary N) is 1. The highest BCUT2D eigenvalue weighted by Crippen LogP contribution is 2.09. The maximum absolute atomic E-state index is 11.2. The number of aryl methyl sites for hydroxylation is 1. The Bertz CT molecular complexity index is 410. The second-order valence-corrected chi connectivity index (χ2v) is 3.51. The summed E-state index contributed by atoms with van der Waals surface area (Å²) >= 11 is 0. The third-order valence-electron chi connectivity index (χ3n) is 2.24. The van der Waals surface area contributed by atoms with Crippen LogP contribution in [0.1, 0.15) is 18.1 Å². The summed E-state index contributed by atoms with van der Waals surface area (Å²) in [5, 5.41) is 2.76. The number of carbonyl (C=O) groups is 1. The van der Waals surface area contributed by atoms with E-state index < -0.39 is 0 Å². The first-order valence-electron chi connectivity index (χ1n) is 4.62. The summed E-state index contributed by atoms with van der Waals surface area (Å²) in [6.45, 7) is 3.81. The summed E-state index contributed by atoms with van der Waals surface area (Å²) in [5.41, 5.74) is 2.14. The zero-order chi connectivity index (χ0) is 10.1. The first-order valence-corrected chi connectivity index (χ1v) is 4.62. The summed E-state index contributed by atoms with van der Waals surface area (Å²) in [7, 11) is 0. The van der Waals surface area contributed by atoms with Crippen molar-refractivity contribution in [1.82, 2.24) is 5.32 Å². The van der Waals surface area contributed by atoms with Gasteiger partial charge >= 0.3 is 0 Å². The SMILES string of the molecule is Cc1cccc(C2=NC(C)C(=O)N2)c1. The largest absolute Gasteiger partial charge is 0.309 e. The minimum absolute atomic E-state index is 0.0264. The molecule has 3 heteroatoms. The summed E-state index contributed by atoms with van der Waals surface area (Å²) in [5.74, 6) is 0.660. The minimum atomic E-state index is -0.259.